The highest BCUT2D eigenvalue weighted by Gasteiger charge is 2.53. The minimum Gasteiger partial charge on any atom is -0.504 e. The van der Waals surface area contributed by atoms with E-state index >= 15 is 0 Å². The Bertz CT molecular complexity index is 502. The summed E-state index contributed by atoms with van der Waals surface area (Å²) < 4.78 is 17.3. The van der Waals surface area contributed by atoms with Gasteiger partial charge in [-0.3, -0.25) is 0 Å². The van der Waals surface area contributed by atoms with Gasteiger partial charge in [0, 0.05) is 0 Å². The quantitative estimate of drug-likeness (QED) is 0.834. The van der Waals surface area contributed by atoms with Gasteiger partial charge in [-0.1, -0.05) is 6.07 Å². The first-order valence-electron chi connectivity index (χ1n) is 7.25. The van der Waals surface area contributed by atoms with E-state index in [0.717, 1.165) is 5.56 Å². The standard InChI is InChI=1S/C15H24BNO4/c1-6-19-12-9-10(7-8-11(12)18)13(17)16-20-14(2,3)15(4,5)21-16/h7-9,13,18H,6,17H2,1-5H3/t13-/m0/s1. The molecule has 5 nitrogen and oxygen atoms in total. The Labute approximate surface area is 126 Å². The van der Waals surface area contributed by atoms with Gasteiger partial charge in [-0.2, -0.15) is 0 Å². The van der Waals surface area contributed by atoms with Crippen molar-refractivity contribution in [2.45, 2.75) is 51.8 Å². The molecule has 2 rings (SSSR count). The normalized spacial score (nSPS) is 21.3. The van der Waals surface area contributed by atoms with Crippen molar-refractivity contribution in [3.8, 4) is 11.5 Å². The number of hydrogen-bond donors (Lipinski definition) is 2. The molecule has 21 heavy (non-hydrogen) atoms. The van der Waals surface area contributed by atoms with Crippen LogP contribution in [0, 0.1) is 0 Å². The summed E-state index contributed by atoms with van der Waals surface area (Å²) in [5, 5.41) is 9.75. The number of benzene rings is 1. The second-order valence-corrected chi connectivity index (χ2v) is 6.31. The van der Waals surface area contributed by atoms with Crippen LogP contribution in [-0.4, -0.2) is 30.0 Å². The maximum atomic E-state index is 9.75. The average Bonchev–Trinajstić information content (AvgIpc) is 2.60. The zero-order valence-electron chi connectivity index (χ0n) is 13.3. The van der Waals surface area contributed by atoms with Gasteiger partial charge in [-0.05, 0) is 52.3 Å². The lowest BCUT2D eigenvalue weighted by Gasteiger charge is -2.32. The molecule has 1 heterocycles. The van der Waals surface area contributed by atoms with E-state index in [0.29, 0.717) is 12.4 Å². The topological polar surface area (TPSA) is 73.9 Å². The molecule has 0 aromatic heterocycles. The van der Waals surface area contributed by atoms with E-state index < -0.39 is 24.3 Å². The largest absolute Gasteiger partial charge is 0.504 e. The van der Waals surface area contributed by atoms with Crippen LogP contribution in [0.25, 0.3) is 0 Å². The van der Waals surface area contributed by atoms with Crippen molar-refractivity contribution in [3.05, 3.63) is 23.8 Å². The second-order valence-electron chi connectivity index (χ2n) is 6.31. The molecule has 0 spiro atoms. The SMILES string of the molecule is CCOc1cc([C@H](N)B2OC(C)(C)C(C)(C)O2)ccc1O. The van der Waals surface area contributed by atoms with Crippen LogP contribution in [0.3, 0.4) is 0 Å². The summed E-state index contributed by atoms with van der Waals surface area (Å²) in [5.41, 5.74) is 6.23. The third-order valence-corrected chi connectivity index (χ3v) is 4.23. The van der Waals surface area contributed by atoms with Crippen LogP contribution in [-0.2, 0) is 9.31 Å². The predicted octanol–water partition coefficient (Wildman–Crippen LogP) is 2.42. The molecular formula is C15H24BNO4. The van der Waals surface area contributed by atoms with Crippen LogP contribution in [0.1, 0.15) is 46.1 Å². The van der Waals surface area contributed by atoms with Crippen LogP contribution in [0.5, 0.6) is 11.5 Å². The number of rotatable bonds is 4. The molecule has 3 N–H and O–H groups in total. The number of hydrogen-bond acceptors (Lipinski definition) is 5. The molecule has 0 saturated carbocycles. The summed E-state index contributed by atoms with van der Waals surface area (Å²) in [5.74, 6) is 0.0644. The lowest BCUT2D eigenvalue weighted by Crippen LogP contribution is -2.41. The Balaban J connectivity index is 2.21. The van der Waals surface area contributed by atoms with Crippen molar-refractivity contribution in [2.75, 3.05) is 6.61 Å². The summed E-state index contributed by atoms with van der Waals surface area (Å²) in [7, 11) is -0.533. The fourth-order valence-corrected chi connectivity index (χ4v) is 2.20. The summed E-state index contributed by atoms with van der Waals surface area (Å²) in [6, 6.07) is 5.06. The van der Waals surface area contributed by atoms with E-state index in [-0.39, 0.29) is 5.75 Å². The van der Waals surface area contributed by atoms with Crippen LogP contribution < -0.4 is 10.5 Å². The number of nitrogens with two attached hydrogens (primary N) is 1. The second kappa shape index (κ2) is 5.52. The lowest BCUT2D eigenvalue weighted by atomic mass is 9.75. The van der Waals surface area contributed by atoms with Crippen molar-refractivity contribution in [3.63, 3.8) is 0 Å². The third kappa shape index (κ3) is 3.02. The summed E-state index contributed by atoms with van der Waals surface area (Å²) in [4.78, 5) is 0. The molecule has 0 bridgehead atoms. The minimum absolute atomic E-state index is 0.0988. The van der Waals surface area contributed by atoms with Crippen LogP contribution in [0.15, 0.2) is 18.2 Å². The van der Waals surface area contributed by atoms with Crippen LogP contribution in [0.2, 0.25) is 0 Å². The molecule has 6 heteroatoms. The van der Waals surface area contributed by atoms with E-state index in [1.807, 2.05) is 34.6 Å². The first-order chi connectivity index (χ1) is 9.68. The van der Waals surface area contributed by atoms with Crippen molar-refractivity contribution in [1.82, 2.24) is 0 Å². The Morgan fingerprint density at radius 3 is 2.33 bits per heavy atom. The number of phenolic OH excluding ortho intramolecular Hbond substituents is 1. The fourth-order valence-electron chi connectivity index (χ4n) is 2.20. The van der Waals surface area contributed by atoms with Crippen molar-refractivity contribution in [2.24, 2.45) is 5.73 Å². The monoisotopic (exact) mass is 293 g/mol. The van der Waals surface area contributed by atoms with E-state index in [2.05, 4.69) is 0 Å². The Hall–Kier alpha value is -1.24. The molecule has 1 fully saturated rings. The molecule has 1 aromatic carbocycles. The van der Waals surface area contributed by atoms with E-state index in [1.165, 1.54) is 0 Å². The highest BCUT2D eigenvalue weighted by atomic mass is 16.7. The highest BCUT2D eigenvalue weighted by molar-refractivity contribution is 6.47. The van der Waals surface area contributed by atoms with E-state index in [9.17, 15) is 5.11 Å². The molecule has 1 aromatic rings. The Kier molecular flexibility index (Phi) is 4.24. The number of aromatic hydroxyl groups is 1. The maximum Gasteiger partial charge on any atom is 0.480 e. The van der Waals surface area contributed by atoms with Gasteiger partial charge >= 0.3 is 7.12 Å². The Morgan fingerprint density at radius 2 is 1.81 bits per heavy atom. The van der Waals surface area contributed by atoms with Gasteiger partial charge in [0.25, 0.3) is 0 Å². The highest BCUT2D eigenvalue weighted by Crippen LogP contribution is 2.40. The number of ether oxygens (including phenoxy) is 1. The van der Waals surface area contributed by atoms with Gasteiger partial charge in [0.05, 0.1) is 23.8 Å². The number of phenols is 1. The van der Waals surface area contributed by atoms with Gasteiger partial charge in [0.2, 0.25) is 0 Å². The molecule has 1 aliphatic rings. The van der Waals surface area contributed by atoms with Crippen LogP contribution in [0.4, 0.5) is 0 Å². The van der Waals surface area contributed by atoms with Gasteiger partial charge in [-0.25, -0.2) is 0 Å². The van der Waals surface area contributed by atoms with Crippen LogP contribution >= 0.6 is 0 Å². The van der Waals surface area contributed by atoms with Crippen molar-refractivity contribution < 1.29 is 19.2 Å². The van der Waals surface area contributed by atoms with Gasteiger partial charge in [-0.15, -0.1) is 0 Å². The predicted molar refractivity (Wildman–Crippen MR) is 82.3 cm³/mol. The summed E-state index contributed by atoms with van der Waals surface area (Å²) >= 11 is 0. The fraction of sp³-hybridized carbons (Fsp3) is 0.600. The molecule has 0 amide bonds. The molecule has 1 saturated heterocycles. The van der Waals surface area contributed by atoms with Gasteiger partial charge in [0.15, 0.2) is 11.5 Å². The van der Waals surface area contributed by atoms with Crippen molar-refractivity contribution in [1.29, 1.82) is 0 Å². The first kappa shape index (κ1) is 16.1. The zero-order valence-corrected chi connectivity index (χ0v) is 13.3. The lowest BCUT2D eigenvalue weighted by molar-refractivity contribution is 0.00578. The van der Waals surface area contributed by atoms with E-state index in [4.69, 9.17) is 19.8 Å². The summed E-state index contributed by atoms with van der Waals surface area (Å²) in [6.45, 7) is 10.3. The smallest absolute Gasteiger partial charge is 0.480 e. The maximum absolute atomic E-state index is 9.75. The minimum atomic E-state index is -0.533. The average molecular weight is 293 g/mol. The molecule has 116 valence electrons. The summed E-state index contributed by atoms with van der Waals surface area (Å²) in [6.07, 6.45) is 0. The van der Waals surface area contributed by atoms with Gasteiger partial charge in [0.1, 0.15) is 0 Å². The Morgan fingerprint density at radius 1 is 1.24 bits per heavy atom. The van der Waals surface area contributed by atoms with Crippen molar-refractivity contribution >= 4 is 7.12 Å². The zero-order chi connectivity index (χ0) is 15.8. The molecule has 0 unspecified atom stereocenters. The van der Waals surface area contributed by atoms with Gasteiger partial charge < -0.3 is 24.9 Å². The molecule has 0 radical (unpaired) electrons. The molecule has 1 aliphatic heterocycles. The molecular weight excluding hydrogens is 269 g/mol. The third-order valence-electron chi connectivity index (χ3n) is 4.23. The molecule has 0 aliphatic carbocycles. The molecule has 1 atom stereocenters. The first-order valence-corrected chi connectivity index (χ1v) is 7.25. The van der Waals surface area contributed by atoms with E-state index in [1.54, 1.807) is 18.2 Å².